The van der Waals surface area contributed by atoms with E-state index in [1.54, 1.807) is 25.5 Å². The van der Waals surface area contributed by atoms with Gasteiger partial charge in [-0.15, -0.1) is 0 Å². The minimum atomic E-state index is -0.234. The summed E-state index contributed by atoms with van der Waals surface area (Å²) < 4.78 is 11.1. The molecule has 7 heteroatoms. The summed E-state index contributed by atoms with van der Waals surface area (Å²) in [6, 6.07) is 9.50. The van der Waals surface area contributed by atoms with E-state index in [0.29, 0.717) is 23.1 Å². The van der Waals surface area contributed by atoms with Crippen molar-refractivity contribution in [3.8, 4) is 11.4 Å². The second-order valence-corrected chi connectivity index (χ2v) is 6.47. The Hall–Kier alpha value is -3.48. The number of carbonyl (C=O) groups excluding carboxylic acids is 1. The number of carbonyl (C=O) groups is 1. The molecular weight excluding hydrogens is 344 g/mol. The predicted octanol–water partition coefficient (Wildman–Crippen LogP) is 3.77. The van der Waals surface area contributed by atoms with Crippen LogP contribution in [-0.4, -0.2) is 33.0 Å². The van der Waals surface area contributed by atoms with Crippen molar-refractivity contribution in [2.24, 2.45) is 0 Å². The van der Waals surface area contributed by atoms with E-state index in [0.717, 1.165) is 22.1 Å². The highest BCUT2D eigenvalue weighted by atomic mass is 16.5. The largest absolute Gasteiger partial charge is 0.451 e. The van der Waals surface area contributed by atoms with E-state index in [1.807, 2.05) is 38.1 Å². The average Bonchev–Trinajstić information content (AvgIpc) is 3.27. The number of hydrogen-bond acceptors (Lipinski definition) is 6. The first-order valence-electron chi connectivity index (χ1n) is 8.51. The normalized spacial score (nSPS) is 11.1. The fraction of sp³-hybridized carbons (Fsp3) is 0.200. The van der Waals surface area contributed by atoms with Crippen LogP contribution in [0, 0.1) is 13.8 Å². The van der Waals surface area contributed by atoms with Gasteiger partial charge in [-0.05, 0) is 38.1 Å². The molecule has 0 radical (unpaired) electrons. The van der Waals surface area contributed by atoms with Crippen molar-refractivity contribution < 1.29 is 13.7 Å². The van der Waals surface area contributed by atoms with Crippen molar-refractivity contribution in [1.82, 2.24) is 20.0 Å². The highest BCUT2D eigenvalue weighted by molar-refractivity contribution is 5.98. The molecule has 3 aromatic heterocycles. The van der Waals surface area contributed by atoms with E-state index < -0.39 is 0 Å². The average molecular weight is 362 g/mol. The maximum atomic E-state index is 12.8. The van der Waals surface area contributed by atoms with Crippen molar-refractivity contribution in [3.63, 3.8) is 0 Å². The monoisotopic (exact) mass is 362 g/mol. The highest BCUT2D eigenvalue weighted by Crippen LogP contribution is 2.27. The standard InChI is InChI=1S/C20H18N4O3/c1-12-6-7-16-15(9-12)13(2)18(26-16)20(25)24(3)11-17-22-19(23-27-17)14-5-4-8-21-10-14/h4-10H,11H2,1-3H3. The number of benzene rings is 1. The van der Waals surface area contributed by atoms with Gasteiger partial charge in [0, 0.05) is 36.0 Å². The predicted molar refractivity (Wildman–Crippen MR) is 99.0 cm³/mol. The van der Waals surface area contributed by atoms with Gasteiger partial charge in [0.1, 0.15) is 12.1 Å². The van der Waals surface area contributed by atoms with Crippen LogP contribution in [0.5, 0.6) is 0 Å². The second-order valence-electron chi connectivity index (χ2n) is 6.47. The van der Waals surface area contributed by atoms with Gasteiger partial charge in [-0.1, -0.05) is 16.8 Å². The minimum absolute atomic E-state index is 0.182. The number of amides is 1. The van der Waals surface area contributed by atoms with Gasteiger partial charge in [0.25, 0.3) is 5.91 Å². The fourth-order valence-corrected chi connectivity index (χ4v) is 2.92. The summed E-state index contributed by atoms with van der Waals surface area (Å²) >= 11 is 0. The van der Waals surface area contributed by atoms with Crippen LogP contribution >= 0.6 is 0 Å². The third-order valence-electron chi connectivity index (χ3n) is 4.39. The molecule has 0 unspecified atom stereocenters. The summed E-state index contributed by atoms with van der Waals surface area (Å²) in [5.74, 6) is 0.872. The van der Waals surface area contributed by atoms with E-state index in [2.05, 4.69) is 15.1 Å². The lowest BCUT2D eigenvalue weighted by atomic mass is 10.1. The molecule has 0 aliphatic rings. The Labute approximate surface area is 155 Å². The van der Waals surface area contributed by atoms with E-state index >= 15 is 0 Å². The number of hydrogen-bond donors (Lipinski definition) is 0. The number of rotatable bonds is 4. The molecule has 0 N–H and O–H groups in total. The summed E-state index contributed by atoms with van der Waals surface area (Å²) in [5.41, 5.74) is 3.40. The molecule has 0 saturated heterocycles. The first kappa shape index (κ1) is 17.0. The number of pyridine rings is 1. The van der Waals surface area contributed by atoms with Gasteiger partial charge in [0.15, 0.2) is 5.76 Å². The van der Waals surface area contributed by atoms with Gasteiger partial charge in [0.05, 0.1) is 0 Å². The zero-order valence-corrected chi connectivity index (χ0v) is 15.3. The van der Waals surface area contributed by atoms with Gasteiger partial charge in [-0.2, -0.15) is 4.98 Å². The Morgan fingerprint density at radius 3 is 2.85 bits per heavy atom. The number of aromatic nitrogens is 3. The van der Waals surface area contributed by atoms with Crippen LogP contribution in [0.1, 0.15) is 27.6 Å². The van der Waals surface area contributed by atoms with E-state index in [4.69, 9.17) is 8.94 Å². The molecule has 0 aliphatic carbocycles. The number of nitrogens with zero attached hydrogens (tertiary/aromatic N) is 4. The Kier molecular flexibility index (Phi) is 4.19. The van der Waals surface area contributed by atoms with Crippen molar-refractivity contribution in [1.29, 1.82) is 0 Å². The quantitative estimate of drug-likeness (QED) is 0.549. The van der Waals surface area contributed by atoms with Crippen LogP contribution in [0.3, 0.4) is 0 Å². The van der Waals surface area contributed by atoms with Crippen molar-refractivity contribution in [2.45, 2.75) is 20.4 Å². The molecule has 7 nitrogen and oxygen atoms in total. The third kappa shape index (κ3) is 3.19. The van der Waals surface area contributed by atoms with Gasteiger partial charge >= 0.3 is 0 Å². The molecule has 0 saturated carbocycles. The highest BCUT2D eigenvalue weighted by Gasteiger charge is 2.23. The Balaban J connectivity index is 1.55. The Morgan fingerprint density at radius 1 is 1.22 bits per heavy atom. The smallest absolute Gasteiger partial charge is 0.290 e. The summed E-state index contributed by atoms with van der Waals surface area (Å²) in [7, 11) is 1.67. The molecule has 27 heavy (non-hydrogen) atoms. The van der Waals surface area contributed by atoms with Crippen molar-refractivity contribution >= 4 is 16.9 Å². The summed E-state index contributed by atoms with van der Waals surface area (Å²) in [5, 5.41) is 4.89. The van der Waals surface area contributed by atoms with Gasteiger partial charge < -0.3 is 13.8 Å². The molecule has 3 heterocycles. The molecule has 0 atom stereocenters. The van der Waals surface area contributed by atoms with E-state index in [-0.39, 0.29) is 12.5 Å². The van der Waals surface area contributed by atoms with Crippen molar-refractivity contribution in [2.75, 3.05) is 7.05 Å². The molecule has 136 valence electrons. The van der Waals surface area contributed by atoms with Crippen LogP contribution in [0.2, 0.25) is 0 Å². The zero-order chi connectivity index (χ0) is 19.0. The van der Waals surface area contributed by atoms with Crippen molar-refractivity contribution in [3.05, 3.63) is 65.5 Å². The molecule has 1 amide bonds. The van der Waals surface area contributed by atoms with Crippen LogP contribution in [0.4, 0.5) is 0 Å². The number of aryl methyl sites for hydroxylation is 2. The molecule has 0 spiro atoms. The molecule has 0 aliphatic heterocycles. The molecule has 0 fully saturated rings. The zero-order valence-electron chi connectivity index (χ0n) is 15.3. The molecule has 4 aromatic rings. The van der Waals surface area contributed by atoms with Crippen LogP contribution in [-0.2, 0) is 6.54 Å². The summed E-state index contributed by atoms with van der Waals surface area (Å²) in [4.78, 5) is 22.7. The van der Waals surface area contributed by atoms with Gasteiger partial charge in [-0.3, -0.25) is 9.78 Å². The van der Waals surface area contributed by atoms with Gasteiger partial charge in [0.2, 0.25) is 11.7 Å². The molecule has 4 rings (SSSR count). The lowest BCUT2D eigenvalue weighted by Crippen LogP contribution is -2.26. The van der Waals surface area contributed by atoms with Crippen LogP contribution in [0.25, 0.3) is 22.4 Å². The number of fused-ring (bicyclic) bond motifs is 1. The first-order valence-corrected chi connectivity index (χ1v) is 8.51. The molecule has 0 bridgehead atoms. The molecule has 1 aromatic carbocycles. The van der Waals surface area contributed by atoms with Crippen LogP contribution < -0.4 is 0 Å². The van der Waals surface area contributed by atoms with Gasteiger partial charge in [-0.25, -0.2) is 0 Å². The number of furan rings is 1. The lowest BCUT2D eigenvalue weighted by Gasteiger charge is -2.13. The summed E-state index contributed by atoms with van der Waals surface area (Å²) in [6.07, 6.45) is 3.33. The van der Waals surface area contributed by atoms with E-state index in [9.17, 15) is 4.79 Å². The third-order valence-corrected chi connectivity index (χ3v) is 4.39. The maximum absolute atomic E-state index is 12.8. The summed E-state index contributed by atoms with van der Waals surface area (Å²) in [6.45, 7) is 4.08. The second kappa shape index (κ2) is 6.68. The topological polar surface area (TPSA) is 85.3 Å². The fourth-order valence-electron chi connectivity index (χ4n) is 2.92. The van der Waals surface area contributed by atoms with E-state index in [1.165, 1.54) is 4.90 Å². The maximum Gasteiger partial charge on any atom is 0.290 e. The Morgan fingerprint density at radius 2 is 2.07 bits per heavy atom. The first-order chi connectivity index (χ1) is 13.0. The molecular formula is C20H18N4O3. The lowest BCUT2D eigenvalue weighted by molar-refractivity contribution is 0.0739. The van der Waals surface area contributed by atoms with Crippen LogP contribution in [0.15, 0.2) is 51.7 Å². The minimum Gasteiger partial charge on any atom is -0.451 e. The Bertz CT molecular complexity index is 1110. The SMILES string of the molecule is Cc1ccc2oc(C(=O)N(C)Cc3nc(-c4cccnc4)no3)c(C)c2c1.